The van der Waals surface area contributed by atoms with E-state index in [1.807, 2.05) is 38.1 Å². The second-order valence-electron chi connectivity index (χ2n) is 4.43. The monoisotopic (exact) mass is 300 g/mol. The van der Waals surface area contributed by atoms with E-state index in [1.54, 1.807) is 0 Å². The normalized spacial score (nSPS) is 12.5. The summed E-state index contributed by atoms with van der Waals surface area (Å²) in [7, 11) is 0. The fraction of sp³-hybridized carbons (Fsp3) is 0.462. The Morgan fingerprint density at radius 2 is 2.18 bits per heavy atom. The minimum atomic E-state index is -0.798. The summed E-state index contributed by atoms with van der Waals surface area (Å²) >= 11 is 3.34. The predicted octanol–water partition coefficient (Wildman–Crippen LogP) is 3.57. The minimum Gasteiger partial charge on any atom is -0.493 e. The zero-order valence-corrected chi connectivity index (χ0v) is 11.6. The van der Waals surface area contributed by atoms with Crippen molar-refractivity contribution in [3.05, 3.63) is 28.7 Å². The molecule has 0 aliphatic rings. The number of rotatable bonds is 6. The van der Waals surface area contributed by atoms with E-state index in [-0.39, 0.29) is 6.61 Å². The molecule has 1 atom stereocenters. The van der Waals surface area contributed by atoms with Gasteiger partial charge in [-0.1, -0.05) is 35.8 Å². The van der Waals surface area contributed by atoms with Gasteiger partial charge in [0.2, 0.25) is 0 Å². The van der Waals surface area contributed by atoms with Gasteiger partial charge in [0.05, 0.1) is 5.92 Å². The van der Waals surface area contributed by atoms with Crippen molar-refractivity contribution in [1.82, 2.24) is 0 Å². The first-order valence-electron chi connectivity index (χ1n) is 5.60. The van der Waals surface area contributed by atoms with Gasteiger partial charge in [0.15, 0.2) is 0 Å². The van der Waals surface area contributed by atoms with Crippen LogP contribution in [0.25, 0.3) is 0 Å². The maximum Gasteiger partial charge on any atom is 0.309 e. The molecule has 1 aromatic rings. The zero-order valence-electron chi connectivity index (χ0n) is 10.0. The highest BCUT2D eigenvalue weighted by atomic mass is 79.9. The van der Waals surface area contributed by atoms with Gasteiger partial charge in [-0.05, 0) is 30.5 Å². The maximum atomic E-state index is 11.0. The van der Waals surface area contributed by atoms with Crippen LogP contribution >= 0.6 is 15.9 Å². The number of halogens is 1. The van der Waals surface area contributed by atoms with E-state index < -0.39 is 11.9 Å². The number of carboxylic acids is 1. The third kappa shape index (κ3) is 5.22. The Morgan fingerprint density at radius 1 is 1.47 bits per heavy atom. The van der Waals surface area contributed by atoms with Crippen LogP contribution in [0.3, 0.4) is 0 Å². The number of carboxylic acid groups (broad SMARTS) is 1. The molecule has 0 heterocycles. The molecule has 94 valence electrons. The molecule has 0 saturated carbocycles. The SMILES string of the molecule is CC(C)CC(COc1cccc(Br)c1)C(=O)O. The van der Waals surface area contributed by atoms with Gasteiger partial charge in [-0.2, -0.15) is 0 Å². The quantitative estimate of drug-likeness (QED) is 0.873. The number of aliphatic carboxylic acids is 1. The lowest BCUT2D eigenvalue weighted by Gasteiger charge is -2.15. The summed E-state index contributed by atoms with van der Waals surface area (Å²) in [5.41, 5.74) is 0. The molecule has 0 fully saturated rings. The van der Waals surface area contributed by atoms with Crippen molar-refractivity contribution in [3.63, 3.8) is 0 Å². The highest BCUT2D eigenvalue weighted by Crippen LogP contribution is 2.20. The van der Waals surface area contributed by atoms with E-state index >= 15 is 0 Å². The molecule has 0 spiro atoms. The smallest absolute Gasteiger partial charge is 0.309 e. The fourth-order valence-corrected chi connectivity index (χ4v) is 1.94. The Balaban J connectivity index is 2.54. The largest absolute Gasteiger partial charge is 0.493 e. The molecule has 3 nitrogen and oxygen atoms in total. The molecule has 1 aromatic carbocycles. The first kappa shape index (κ1) is 14.0. The lowest BCUT2D eigenvalue weighted by molar-refractivity contribution is -0.143. The maximum absolute atomic E-state index is 11.0. The van der Waals surface area contributed by atoms with Gasteiger partial charge >= 0.3 is 5.97 Å². The number of carbonyl (C=O) groups is 1. The average molecular weight is 301 g/mol. The average Bonchev–Trinajstić information content (AvgIpc) is 2.23. The van der Waals surface area contributed by atoms with Crippen LogP contribution in [-0.2, 0) is 4.79 Å². The summed E-state index contributed by atoms with van der Waals surface area (Å²) in [5, 5.41) is 9.07. The number of benzene rings is 1. The first-order chi connectivity index (χ1) is 7.99. The topological polar surface area (TPSA) is 46.5 Å². The van der Waals surface area contributed by atoms with Gasteiger partial charge in [-0.3, -0.25) is 4.79 Å². The van der Waals surface area contributed by atoms with Gasteiger partial charge in [-0.15, -0.1) is 0 Å². The highest BCUT2D eigenvalue weighted by Gasteiger charge is 2.19. The van der Waals surface area contributed by atoms with Crippen LogP contribution < -0.4 is 4.74 Å². The van der Waals surface area contributed by atoms with Crippen LogP contribution in [0, 0.1) is 11.8 Å². The molecule has 17 heavy (non-hydrogen) atoms. The second kappa shape index (κ2) is 6.64. The number of hydrogen-bond acceptors (Lipinski definition) is 2. The van der Waals surface area contributed by atoms with Crippen LogP contribution in [0.15, 0.2) is 28.7 Å². The zero-order chi connectivity index (χ0) is 12.8. The molecular formula is C13H17BrO3. The molecule has 0 aliphatic carbocycles. The van der Waals surface area contributed by atoms with E-state index in [2.05, 4.69) is 15.9 Å². The Kier molecular flexibility index (Phi) is 5.48. The lowest BCUT2D eigenvalue weighted by atomic mass is 9.98. The molecule has 1 N–H and O–H groups in total. The van der Waals surface area contributed by atoms with E-state index in [1.165, 1.54) is 0 Å². The molecule has 0 aromatic heterocycles. The van der Waals surface area contributed by atoms with Gasteiger partial charge < -0.3 is 9.84 Å². The van der Waals surface area contributed by atoms with Crippen molar-refractivity contribution in [2.24, 2.45) is 11.8 Å². The molecule has 0 bridgehead atoms. The van der Waals surface area contributed by atoms with Crippen LogP contribution in [-0.4, -0.2) is 17.7 Å². The third-order valence-corrected chi connectivity index (χ3v) is 2.85. The van der Waals surface area contributed by atoms with Crippen molar-refractivity contribution in [2.45, 2.75) is 20.3 Å². The van der Waals surface area contributed by atoms with Crippen molar-refractivity contribution >= 4 is 21.9 Å². The predicted molar refractivity (Wildman–Crippen MR) is 70.2 cm³/mol. The van der Waals surface area contributed by atoms with E-state index in [0.29, 0.717) is 18.1 Å². The fourth-order valence-electron chi connectivity index (χ4n) is 1.56. The molecule has 0 amide bonds. The van der Waals surface area contributed by atoms with Crippen LogP contribution in [0.2, 0.25) is 0 Å². The molecule has 1 unspecified atom stereocenters. The first-order valence-corrected chi connectivity index (χ1v) is 6.39. The van der Waals surface area contributed by atoms with Gasteiger partial charge in [0.1, 0.15) is 12.4 Å². The van der Waals surface area contributed by atoms with Crippen molar-refractivity contribution in [3.8, 4) is 5.75 Å². The van der Waals surface area contributed by atoms with Crippen molar-refractivity contribution in [2.75, 3.05) is 6.61 Å². The molecule has 0 saturated heterocycles. The second-order valence-corrected chi connectivity index (χ2v) is 5.35. The summed E-state index contributed by atoms with van der Waals surface area (Å²) in [6, 6.07) is 7.40. The van der Waals surface area contributed by atoms with Crippen LogP contribution in [0.5, 0.6) is 5.75 Å². The van der Waals surface area contributed by atoms with E-state index in [0.717, 1.165) is 4.47 Å². The number of ether oxygens (including phenoxy) is 1. The molecular weight excluding hydrogens is 284 g/mol. The van der Waals surface area contributed by atoms with Crippen LogP contribution in [0.1, 0.15) is 20.3 Å². The summed E-state index contributed by atoms with van der Waals surface area (Å²) in [4.78, 5) is 11.0. The summed E-state index contributed by atoms with van der Waals surface area (Å²) < 4.78 is 6.42. The summed E-state index contributed by atoms with van der Waals surface area (Å²) in [6.07, 6.45) is 0.628. The van der Waals surface area contributed by atoms with Crippen molar-refractivity contribution < 1.29 is 14.6 Å². The van der Waals surface area contributed by atoms with E-state index in [9.17, 15) is 4.79 Å². The Bertz CT molecular complexity index is 377. The van der Waals surface area contributed by atoms with Crippen molar-refractivity contribution in [1.29, 1.82) is 0 Å². The van der Waals surface area contributed by atoms with E-state index in [4.69, 9.17) is 9.84 Å². The lowest BCUT2D eigenvalue weighted by Crippen LogP contribution is -2.23. The number of hydrogen-bond donors (Lipinski definition) is 1. The molecule has 0 radical (unpaired) electrons. The van der Waals surface area contributed by atoms with Crippen LogP contribution in [0.4, 0.5) is 0 Å². The molecule has 1 rings (SSSR count). The third-order valence-electron chi connectivity index (χ3n) is 2.35. The highest BCUT2D eigenvalue weighted by molar-refractivity contribution is 9.10. The molecule has 0 aliphatic heterocycles. The Morgan fingerprint density at radius 3 is 2.71 bits per heavy atom. The standard InChI is InChI=1S/C13H17BrO3/c1-9(2)6-10(13(15)16)8-17-12-5-3-4-11(14)7-12/h3-5,7,9-10H,6,8H2,1-2H3,(H,15,16). The summed E-state index contributed by atoms with van der Waals surface area (Å²) in [6.45, 7) is 4.23. The Hall–Kier alpha value is -1.03. The van der Waals surface area contributed by atoms with Gasteiger partial charge in [0.25, 0.3) is 0 Å². The minimum absolute atomic E-state index is 0.212. The van der Waals surface area contributed by atoms with Gasteiger partial charge in [-0.25, -0.2) is 0 Å². The molecule has 4 heteroatoms. The summed E-state index contributed by atoms with van der Waals surface area (Å²) in [5.74, 6) is -0.209. The Labute approximate surface area is 110 Å². The van der Waals surface area contributed by atoms with Gasteiger partial charge in [0, 0.05) is 4.47 Å².